The Morgan fingerprint density at radius 1 is 1.31 bits per heavy atom. The lowest BCUT2D eigenvalue weighted by Crippen LogP contribution is -2.39. The number of hydrogen-bond donors (Lipinski definition) is 1. The van der Waals surface area contributed by atoms with Crippen LogP contribution in [0.25, 0.3) is 0 Å². The molecule has 0 aromatic heterocycles. The number of hydrogen-bond acceptors (Lipinski definition) is 4. The van der Waals surface area contributed by atoms with E-state index in [-0.39, 0.29) is 29.3 Å². The summed E-state index contributed by atoms with van der Waals surface area (Å²) in [5, 5.41) is 0. The van der Waals surface area contributed by atoms with E-state index in [1.807, 2.05) is 4.90 Å². The highest BCUT2D eigenvalue weighted by atomic mass is 32.2. The van der Waals surface area contributed by atoms with Gasteiger partial charge in [0.1, 0.15) is 0 Å². The summed E-state index contributed by atoms with van der Waals surface area (Å²) in [6, 6.07) is 4.70. The van der Waals surface area contributed by atoms with E-state index in [4.69, 9.17) is 0 Å². The molecule has 2 fully saturated rings. The minimum absolute atomic E-state index is 0.0722. The summed E-state index contributed by atoms with van der Waals surface area (Å²) in [6.07, 6.45) is 2.24. The van der Waals surface area contributed by atoms with E-state index in [9.17, 15) is 18.0 Å². The maximum atomic E-state index is 13.0. The molecular weight excluding hydrogens is 354 g/mol. The number of aryl methyl sites for hydroxylation is 1. The van der Waals surface area contributed by atoms with Crippen molar-refractivity contribution in [2.45, 2.75) is 44.0 Å². The van der Waals surface area contributed by atoms with Crippen molar-refractivity contribution in [3.63, 3.8) is 0 Å². The van der Waals surface area contributed by atoms with Crippen LogP contribution >= 0.6 is 0 Å². The summed E-state index contributed by atoms with van der Waals surface area (Å²) in [5.74, 6) is -0.00981. The Bertz CT molecular complexity index is 822. The number of carbonyl (C=O) groups is 2. The molecule has 1 aromatic rings. The summed E-state index contributed by atoms with van der Waals surface area (Å²) < 4.78 is 26.9. The molecule has 2 heterocycles. The van der Waals surface area contributed by atoms with E-state index in [1.165, 1.54) is 12.1 Å². The van der Waals surface area contributed by atoms with Gasteiger partial charge in [0.2, 0.25) is 15.9 Å². The van der Waals surface area contributed by atoms with Gasteiger partial charge in [0.05, 0.1) is 10.9 Å². The van der Waals surface area contributed by atoms with Gasteiger partial charge in [0.25, 0.3) is 5.91 Å². The van der Waals surface area contributed by atoms with Gasteiger partial charge in [-0.25, -0.2) is 13.1 Å². The van der Waals surface area contributed by atoms with Gasteiger partial charge in [-0.05, 0) is 37.5 Å². The molecule has 2 saturated heterocycles. The van der Waals surface area contributed by atoms with E-state index < -0.39 is 10.0 Å². The van der Waals surface area contributed by atoms with Crippen molar-refractivity contribution in [3.05, 3.63) is 29.3 Å². The van der Waals surface area contributed by atoms with Crippen LogP contribution in [0.5, 0.6) is 0 Å². The van der Waals surface area contributed by atoms with Crippen LogP contribution in [0.2, 0.25) is 0 Å². The summed E-state index contributed by atoms with van der Waals surface area (Å²) in [4.78, 5) is 28.6. The molecule has 1 aromatic carbocycles. The number of nitrogens with one attached hydrogen (secondary N) is 1. The van der Waals surface area contributed by atoms with E-state index in [0.717, 1.165) is 24.9 Å². The Balaban J connectivity index is 1.79. The lowest BCUT2D eigenvalue weighted by molar-refractivity contribution is -0.129. The van der Waals surface area contributed by atoms with Gasteiger partial charge in [-0.1, -0.05) is 13.0 Å². The summed E-state index contributed by atoms with van der Waals surface area (Å²) in [7, 11) is -3.61. The topological polar surface area (TPSA) is 86.8 Å². The van der Waals surface area contributed by atoms with Crippen molar-refractivity contribution in [2.24, 2.45) is 0 Å². The van der Waals surface area contributed by atoms with Crippen LogP contribution < -0.4 is 4.72 Å². The Morgan fingerprint density at radius 2 is 2.08 bits per heavy atom. The molecule has 0 aliphatic carbocycles. The largest absolute Gasteiger partial charge is 0.338 e. The Morgan fingerprint density at radius 3 is 2.73 bits per heavy atom. The second-order valence-electron chi connectivity index (χ2n) is 6.86. The molecule has 0 bridgehead atoms. The number of rotatable bonds is 5. The van der Waals surface area contributed by atoms with Crippen molar-refractivity contribution in [2.75, 3.05) is 26.2 Å². The predicted molar refractivity (Wildman–Crippen MR) is 97.3 cm³/mol. The fourth-order valence-electron chi connectivity index (χ4n) is 3.68. The van der Waals surface area contributed by atoms with Gasteiger partial charge >= 0.3 is 0 Å². The summed E-state index contributed by atoms with van der Waals surface area (Å²) in [6.45, 7) is 5.65. The third-order valence-electron chi connectivity index (χ3n) is 5.09. The number of benzene rings is 1. The second kappa shape index (κ2) is 7.36. The van der Waals surface area contributed by atoms with Crippen molar-refractivity contribution < 1.29 is 18.0 Å². The molecule has 1 atom stereocenters. The first-order valence-corrected chi connectivity index (χ1v) is 10.5. The number of likely N-dealkylation sites (tertiary alicyclic amines) is 2. The monoisotopic (exact) mass is 379 g/mol. The van der Waals surface area contributed by atoms with Crippen LogP contribution in [0.15, 0.2) is 23.1 Å². The standard InChI is InChI=1S/C18H25N3O4S/c1-3-19-26(24,25)15-7-6-13(2)16(11-15)18(23)20-10-8-14(12-20)21-9-4-5-17(21)22/h6-7,11,14,19H,3-5,8-10,12H2,1-2H3/t14-/m1/s1. The summed E-state index contributed by atoms with van der Waals surface area (Å²) in [5.41, 5.74) is 1.14. The molecule has 0 unspecified atom stereocenters. The van der Waals surface area contributed by atoms with Gasteiger partial charge < -0.3 is 9.80 Å². The minimum Gasteiger partial charge on any atom is -0.338 e. The SMILES string of the molecule is CCNS(=O)(=O)c1ccc(C)c(C(=O)N2CC[C@@H](N3CCCC3=O)C2)c1. The average Bonchev–Trinajstić information content (AvgIpc) is 3.23. The number of carbonyl (C=O) groups excluding carboxylic acids is 2. The maximum Gasteiger partial charge on any atom is 0.254 e. The van der Waals surface area contributed by atoms with E-state index in [1.54, 1.807) is 24.8 Å². The lowest BCUT2D eigenvalue weighted by atomic mass is 10.1. The summed E-state index contributed by atoms with van der Waals surface area (Å²) >= 11 is 0. The van der Waals surface area contributed by atoms with E-state index >= 15 is 0 Å². The lowest BCUT2D eigenvalue weighted by Gasteiger charge is -2.24. The van der Waals surface area contributed by atoms with Crippen LogP contribution in [0.4, 0.5) is 0 Å². The van der Waals surface area contributed by atoms with E-state index in [2.05, 4.69) is 4.72 Å². The first-order valence-electron chi connectivity index (χ1n) is 9.02. The van der Waals surface area contributed by atoms with Crippen molar-refractivity contribution >= 4 is 21.8 Å². The maximum absolute atomic E-state index is 13.0. The molecule has 8 heteroatoms. The molecule has 7 nitrogen and oxygen atoms in total. The highest BCUT2D eigenvalue weighted by Crippen LogP contribution is 2.24. The zero-order valence-corrected chi connectivity index (χ0v) is 16.0. The van der Waals surface area contributed by atoms with Crippen LogP contribution in [0.1, 0.15) is 42.1 Å². The molecule has 0 radical (unpaired) electrons. The molecule has 2 amide bonds. The molecule has 142 valence electrons. The normalized spacial score (nSPS) is 20.8. The van der Waals surface area contributed by atoms with Crippen LogP contribution in [0, 0.1) is 6.92 Å². The molecular formula is C18H25N3O4S. The quantitative estimate of drug-likeness (QED) is 0.831. The zero-order valence-electron chi connectivity index (χ0n) is 15.2. The van der Waals surface area contributed by atoms with Gasteiger partial charge in [-0.2, -0.15) is 0 Å². The number of amides is 2. The van der Waals surface area contributed by atoms with Crippen molar-refractivity contribution in [1.29, 1.82) is 0 Å². The van der Waals surface area contributed by atoms with Gasteiger partial charge in [0.15, 0.2) is 0 Å². The smallest absolute Gasteiger partial charge is 0.254 e. The number of nitrogens with zero attached hydrogens (tertiary/aromatic N) is 2. The fraction of sp³-hybridized carbons (Fsp3) is 0.556. The highest BCUT2D eigenvalue weighted by Gasteiger charge is 2.35. The molecule has 3 rings (SSSR count). The van der Waals surface area contributed by atoms with Gasteiger partial charge in [0, 0.05) is 38.2 Å². The average molecular weight is 379 g/mol. The first-order chi connectivity index (χ1) is 12.3. The Labute approximate surface area is 154 Å². The predicted octanol–water partition coefficient (Wildman–Crippen LogP) is 1.13. The van der Waals surface area contributed by atoms with E-state index in [0.29, 0.717) is 25.1 Å². The highest BCUT2D eigenvalue weighted by molar-refractivity contribution is 7.89. The molecule has 1 N–H and O–H groups in total. The fourth-order valence-corrected chi connectivity index (χ4v) is 4.75. The third-order valence-corrected chi connectivity index (χ3v) is 6.63. The zero-order chi connectivity index (χ0) is 18.9. The molecule has 0 saturated carbocycles. The van der Waals surface area contributed by atoms with Crippen LogP contribution in [-0.4, -0.2) is 62.3 Å². The molecule has 2 aliphatic rings. The number of sulfonamides is 1. The van der Waals surface area contributed by atoms with Crippen molar-refractivity contribution in [1.82, 2.24) is 14.5 Å². The molecule has 2 aliphatic heterocycles. The van der Waals surface area contributed by atoms with Crippen LogP contribution in [0.3, 0.4) is 0 Å². The minimum atomic E-state index is -3.61. The first kappa shape index (κ1) is 18.8. The van der Waals surface area contributed by atoms with Crippen molar-refractivity contribution in [3.8, 4) is 0 Å². The Hall–Kier alpha value is -1.93. The third kappa shape index (κ3) is 3.61. The molecule has 26 heavy (non-hydrogen) atoms. The van der Waals surface area contributed by atoms with Gasteiger partial charge in [-0.3, -0.25) is 9.59 Å². The van der Waals surface area contributed by atoms with Gasteiger partial charge in [-0.15, -0.1) is 0 Å². The second-order valence-corrected chi connectivity index (χ2v) is 8.63. The van der Waals surface area contributed by atoms with Crippen LogP contribution in [-0.2, 0) is 14.8 Å². The molecule has 0 spiro atoms. The Kier molecular flexibility index (Phi) is 5.34.